The van der Waals surface area contributed by atoms with Gasteiger partial charge in [0.15, 0.2) is 0 Å². The van der Waals surface area contributed by atoms with E-state index in [0.29, 0.717) is 5.92 Å². The molecule has 0 bridgehead atoms. The van der Waals surface area contributed by atoms with Gasteiger partial charge in [0.1, 0.15) is 5.82 Å². The van der Waals surface area contributed by atoms with Gasteiger partial charge in [-0.1, -0.05) is 13.0 Å². The smallest absolute Gasteiger partial charge is 0.129 e. The van der Waals surface area contributed by atoms with E-state index in [1.807, 2.05) is 19.9 Å². The quantitative estimate of drug-likeness (QED) is 0.589. The molecule has 0 N–H and O–H groups in total. The second-order valence-corrected chi connectivity index (χ2v) is 4.62. The minimum Gasteiger partial charge on any atom is -0.206 e. The molecular weight excluding hydrogens is 175 g/mol. The molecule has 76 valence electrons. The maximum atomic E-state index is 13.6. The molecular formula is C13H17F. The summed E-state index contributed by atoms with van der Waals surface area (Å²) < 4.78 is 13.6. The Morgan fingerprint density at radius 2 is 2.07 bits per heavy atom. The largest absolute Gasteiger partial charge is 0.206 e. The average Bonchev–Trinajstić information content (AvgIpc) is 2.16. The Kier molecular flexibility index (Phi) is 2.34. The highest BCUT2D eigenvalue weighted by atomic mass is 19.1. The molecule has 0 radical (unpaired) electrons. The number of benzene rings is 1. The van der Waals surface area contributed by atoms with Crippen molar-refractivity contribution in [2.45, 2.75) is 40.0 Å². The van der Waals surface area contributed by atoms with Crippen LogP contribution in [0.3, 0.4) is 0 Å². The number of rotatable bonds is 0. The van der Waals surface area contributed by atoms with Crippen molar-refractivity contribution in [1.82, 2.24) is 0 Å². The summed E-state index contributed by atoms with van der Waals surface area (Å²) in [5, 5.41) is 0. The van der Waals surface area contributed by atoms with Gasteiger partial charge in [-0.2, -0.15) is 0 Å². The minimum atomic E-state index is -0.00199. The molecule has 0 amide bonds. The topological polar surface area (TPSA) is 0 Å². The zero-order valence-corrected chi connectivity index (χ0v) is 9.15. The summed E-state index contributed by atoms with van der Waals surface area (Å²) in [4.78, 5) is 0. The lowest BCUT2D eigenvalue weighted by molar-refractivity contribution is 0.493. The van der Waals surface area contributed by atoms with E-state index < -0.39 is 0 Å². The van der Waals surface area contributed by atoms with Crippen LogP contribution in [0, 0.1) is 25.6 Å². The number of aryl methyl sites for hydroxylation is 2. The maximum Gasteiger partial charge on any atom is 0.129 e. The highest BCUT2D eigenvalue weighted by Gasteiger charge is 2.19. The van der Waals surface area contributed by atoms with Crippen LogP contribution in [-0.4, -0.2) is 0 Å². The molecule has 0 saturated carbocycles. The van der Waals surface area contributed by atoms with Crippen LogP contribution in [0.2, 0.25) is 0 Å². The summed E-state index contributed by atoms with van der Waals surface area (Å²) in [7, 11) is 0. The van der Waals surface area contributed by atoms with Crippen LogP contribution >= 0.6 is 0 Å². The molecule has 0 fully saturated rings. The number of hydrogen-bond donors (Lipinski definition) is 0. The van der Waals surface area contributed by atoms with Crippen LogP contribution < -0.4 is 0 Å². The highest BCUT2D eigenvalue weighted by Crippen LogP contribution is 2.30. The Labute approximate surface area is 85.1 Å². The van der Waals surface area contributed by atoms with Gasteiger partial charge < -0.3 is 0 Å². The van der Waals surface area contributed by atoms with Gasteiger partial charge in [-0.25, -0.2) is 4.39 Å². The molecule has 1 aromatic rings. The van der Waals surface area contributed by atoms with Crippen molar-refractivity contribution in [1.29, 1.82) is 0 Å². The van der Waals surface area contributed by atoms with E-state index in [9.17, 15) is 4.39 Å². The van der Waals surface area contributed by atoms with Crippen LogP contribution in [0.1, 0.15) is 35.6 Å². The number of fused-ring (bicyclic) bond motifs is 1. The van der Waals surface area contributed by atoms with E-state index in [1.165, 1.54) is 17.5 Å². The van der Waals surface area contributed by atoms with Crippen LogP contribution in [0.15, 0.2) is 6.07 Å². The normalized spacial score (nSPS) is 20.7. The van der Waals surface area contributed by atoms with Gasteiger partial charge in [-0.05, 0) is 61.3 Å². The molecule has 1 atom stereocenters. The van der Waals surface area contributed by atoms with Gasteiger partial charge in [0.2, 0.25) is 0 Å². The lowest BCUT2D eigenvalue weighted by Crippen LogP contribution is -2.14. The molecule has 2 rings (SSSR count). The first-order chi connectivity index (χ1) is 6.59. The van der Waals surface area contributed by atoms with E-state index >= 15 is 0 Å². The van der Waals surface area contributed by atoms with Crippen LogP contribution in [0.4, 0.5) is 4.39 Å². The van der Waals surface area contributed by atoms with E-state index in [4.69, 9.17) is 0 Å². The van der Waals surface area contributed by atoms with Gasteiger partial charge in [0, 0.05) is 0 Å². The zero-order valence-electron chi connectivity index (χ0n) is 9.15. The predicted octanol–water partition coefficient (Wildman–Crippen LogP) is 3.57. The monoisotopic (exact) mass is 192 g/mol. The lowest BCUT2D eigenvalue weighted by atomic mass is 9.82. The van der Waals surface area contributed by atoms with Gasteiger partial charge in [-0.15, -0.1) is 0 Å². The van der Waals surface area contributed by atoms with Gasteiger partial charge in [0.05, 0.1) is 0 Å². The third-order valence-corrected chi connectivity index (χ3v) is 3.37. The van der Waals surface area contributed by atoms with Crippen LogP contribution in [0.5, 0.6) is 0 Å². The SMILES string of the molecule is Cc1cc2c(c(C)c1F)CC(C)CC2. The first kappa shape index (κ1) is 9.70. The van der Waals surface area contributed by atoms with Crippen molar-refractivity contribution >= 4 is 0 Å². The fourth-order valence-corrected chi connectivity index (χ4v) is 2.44. The van der Waals surface area contributed by atoms with Gasteiger partial charge in [-0.3, -0.25) is 0 Å². The molecule has 1 aliphatic rings. The summed E-state index contributed by atoms with van der Waals surface area (Å²) in [6.07, 6.45) is 3.42. The Hall–Kier alpha value is -0.850. The molecule has 0 nitrogen and oxygen atoms in total. The second-order valence-electron chi connectivity index (χ2n) is 4.62. The van der Waals surface area contributed by atoms with Gasteiger partial charge >= 0.3 is 0 Å². The predicted molar refractivity (Wildman–Crippen MR) is 57.1 cm³/mol. The highest BCUT2D eigenvalue weighted by molar-refractivity contribution is 5.41. The Balaban J connectivity index is 2.55. The summed E-state index contributed by atoms with van der Waals surface area (Å²) in [5.74, 6) is 0.709. The third kappa shape index (κ3) is 1.45. The Morgan fingerprint density at radius 1 is 1.36 bits per heavy atom. The van der Waals surface area contributed by atoms with Crippen molar-refractivity contribution in [3.63, 3.8) is 0 Å². The number of hydrogen-bond acceptors (Lipinski definition) is 0. The molecule has 0 aromatic heterocycles. The maximum absolute atomic E-state index is 13.6. The molecule has 1 unspecified atom stereocenters. The Bertz CT molecular complexity index is 366. The number of halogens is 1. The standard InChI is InChI=1S/C13H17F/c1-8-4-5-11-7-9(2)13(14)10(3)12(11)6-8/h7-8H,4-6H2,1-3H3. The molecule has 1 heteroatoms. The van der Waals surface area contributed by atoms with E-state index in [1.54, 1.807) is 0 Å². The minimum absolute atomic E-state index is 0.00199. The van der Waals surface area contributed by atoms with Crippen molar-refractivity contribution in [2.24, 2.45) is 5.92 Å². The summed E-state index contributed by atoms with van der Waals surface area (Å²) in [6, 6.07) is 2.03. The average molecular weight is 192 g/mol. The fourth-order valence-electron chi connectivity index (χ4n) is 2.44. The second kappa shape index (κ2) is 3.38. The van der Waals surface area contributed by atoms with E-state index in [-0.39, 0.29) is 5.82 Å². The lowest BCUT2D eigenvalue weighted by Gasteiger charge is -2.24. The molecule has 0 heterocycles. The molecule has 0 spiro atoms. The molecule has 14 heavy (non-hydrogen) atoms. The van der Waals surface area contributed by atoms with Crippen molar-refractivity contribution in [2.75, 3.05) is 0 Å². The van der Waals surface area contributed by atoms with Crippen molar-refractivity contribution in [3.8, 4) is 0 Å². The zero-order chi connectivity index (χ0) is 10.3. The van der Waals surface area contributed by atoms with E-state index in [0.717, 1.165) is 24.0 Å². The first-order valence-electron chi connectivity index (χ1n) is 5.37. The molecule has 0 aliphatic heterocycles. The fraction of sp³-hybridized carbons (Fsp3) is 0.538. The van der Waals surface area contributed by atoms with Crippen LogP contribution in [-0.2, 0) is 12.8 Å². The molecule has 1 aromatic carbocycles. The first-order valence-corrected chi connectivity index (χ1v) is 5.37. The summed E-state index contributed by atoms with van der Waals surface area (Å²) in [6.45, 7) is 6.03. The van der Waals surface area contributed by atoms with Gasteiger partial charge in [0.25, 0.3) is 0 Å². The summed E-state index contributed by atoms with van der Waals surface area (Å²) in [5.41, 5.74) is 4.33. The van der Waals surface area contributed by atoms with E-state index in [2.05, 4.69) is 6.92 Å². The van der Waals surface area contributed by atoms with Crippen molar-refractivity contribution < 1.29 is 4.39 Å². The molecule has 0 saturated heterocycles. The van der Waals surface area contributed by atoms with Crippen LogP contribution in [0.25, 0.3) is 0 Å². The van der Waals surface area contributed by atoms with Crippen molar-refractivity contribution in [3.05, 3.63) is 34.1 Å². The summed E-state index contributed by atoms with van der Waals surface area (Å²) >= 11 is 0. The Morgan fingerprint density at radius 3 is 2.79 bits per heavy atom. The molecule has 1 aliphatic carbocycles. The third-order valence-electron chi connectivity index (χ3n) is 3.37.